The molecular weight excluding hydrogens is 330 g/mol. The molecule has 0 aliphatic heterocycles. The van der Waals surface area contributed by atoms with E-state index >= 15 is 0 Å². The molecule has 24 heavy (non-hydrogen) atoms. The average molecular weight is 351 g/mol. The van der Waals surface area contributed by atoms with E-state index < -0.39 is 23.5 Å². The molecule has 1 aromatic rings. The quantitative estimate of drug-likeness (QED) is 0.520. The number of unbranched alkanes of at least 4 members (excludes halogenated alkanes) is 1. The lowest BCUT2D eigenvalue weighted by molar-refractivity contribution is -0.137. The third kappa shape index (κ3) is 8.26. The summed E-state index contributed by atoms with van der Waals surface area (Å²) in [7, 11) is 0. The second kappa shape index (κ2) is 10.2. The summed E-state index contributed by atoms with van der Waals surface area (Å²) >= 11 is 0. The summed E-state index contributed by atoms with van der Waals surface area (Å²) in [6.45, 7) is 2.84. The van der Waals surface area contributed by atoms with Crippen LogP contribution in [-0.4, -0.2) is 32.3 Å². The van der Waals surface area contributed by atoms with E-state index in [1.54, 1.807) is 0 Å². The maximum atomic E-state index is 13.2. The fourth-order valence-corrected chi connectivity index (χ4v) is 1.80. The van der Waals surface area contributed by atoms with Crippen LogP contribution >= 0.6 is 0 Å². The van der Waals surface area contributed by atoms with Gasteiger partial charge in [-0.05, 0) is 30.2 Å². The van der Waals surface area contributed by atoms with E-state index in [1.165, 1.54) is 0 Å². The zero-order chi connectivity index (χ0) is 18.0. The Labute approximate surface area is 138 Å². The Bertz CT molecular complexity index is 521. The van der Waals surface area contributed by atoms with E-state index in [0.29, 0.717) is 19.3 Å². The number of ether oxygens (including phenoxy) is 2. The van der Waals surface area contributed by atoms with Crippen molar-refractivity contribution in [1.29, 1.82) is 0 Å². The molecule has 0 aliphatic rings. The predicted octanol–water partition coefficient (Wildman–Crippen LogP) is 3.29. The zero-order valence-corrected chi connectivity index (χ0v) is 13.4. The van der Waals surface area contributed by atoms with Crippen LogP contribution in [-0.2, 0) is 27.0 Å². The topological polar surface area (TPSA) is 47.6 Å². The van der Waals surface area contributed by atoms with Crippen molar-refractivity contribution in [2.24, 2.45) is 0 Å². The van der Waals surface area contributed by atoms with Gasteiger partial charge in [-0.3, -0.25) is 4.79 Å². The molecule has 0 radical (unpaired) electrons. The van der Waals surface area contributed by atoms with Crippen LogP contribution in [0.15, 0.2) is 18.2 Å². The zero-order valence-electron chi connectivity index (χ0n) is 13.4. The lowest BCUT2D eigenvalue weighted by Crippen LogP contribution is -2.28. The van der Waals surface area contributed by atoms with Crippen molar-refractivity contribution in [2.45, 2.75) is 32.5 Å². The first-order valence-electron chi connectivity index (χ1n) is 7.61. The van der Waals surface area contributed by atoms with Gasteiger partial charge in [0.15, 0.2) is 0 Å². The minimum absolute atomic E-state index is 0.0265. The fourth-order valence-electron chi connectivity index (χ4n) is 1.80. The number of nitrogens with one attached hydrogen (secondary N) is 1. The predicted molar refractivity (Wildman–Crippen MR) is 79.8 cm³/mol. The number of rotatable bonds is 10. The Kier molecular flexibility index (Phi) is 8.70. The highest BCUT2D eigenvalue weighted by atomic mass is 19.4. The molecule has 0 saturated heterocycles. The summed E-state index contributed by atoms with van der Waals surface area (Å²) in [6, 6.07) is 2.15. The monoisotopic (exact) mass is 351 g/mol. The van der Waals surface area contributed by atoms with Gasteiger partial charge in [0.2, 0.25) is 5.91 Å². The minimum atomic E-state index is -4.64. The lowest BCUT2D eigenvalue weighted by atomic mass is 10.1. The van der Waals surface area contributed by atoms with Crippen LogP contribution in [0, 0.1) is 5.82 Å². The molecule has 1 rings (SSSR count). The summed E-state index contributed by atoms with van der Waals surface area (Å²) in [5, 5.41) is 2.38. The molecule has 1 amide bonds. The Morgan fingerprint density at radius 2 is 1.83 bits per heavy atom. The third-order valence-electron chi connectivity index (χ3n) is 3.02. The number of carbonyl (C=O) groups is 1. The van der Waals surface area contributed by atoms with Crippen molar-refractivity contribution >= 4 is 5.91 Å². The molecule has 0 aromatic heterocycles. The largest absolute Gasteiger partial charge is 0.416 e. The van der Waals surface area contributed by atoms with Gasteiger partial charge in [-0.1, -0.05) is 13.3 Å². The number of amides is 1. The van der Waals surface area contributed by atoms with Crippen LogP contribution in [0.5, 0.6) is 0 Å². The molecular formula is C16H21F4NO3. The molecule has 136 valence electrons. The average Bonchev–Trinajstić information content (AvgIpc) is 2.51. The highest BCUT2D eigenvalue weighted by molar-refractivity contribution is 5.77. The number of alkyl halides is 3. The molecule has 0 unspecified atom stereocenters. The van der Waals surface area contributed by atoms with Gasteiger partial charge >= 0.3 is 6.18 Å². The molecule has 0 fully saturated rings. The van der Waals surface area contributed by atoms with Gasteiger partial charge in [0.05, 0.1) is 18.8 Å². The molecule has 0 bridgehead atoms. The van der Waals surface area contributed by atoms with E-state index in [-0.39, 0.29) is 25.3 Å². The number of halogens is 4. The second-order valence-electron chi connectivity index (χ2n) is 5.14. The molecule has 0 saturated carbocycles. The molecule has 8 heteroatoms. The summed E-state index contributed by atoms with van der Waals surface area (Å²) in [4.78, 5) is 11.5. The van der Waals surface area contributed by atoms with Crippen LogP contribution < -0.4 is 5.32 Å². The maximum absolute atomic E-state index is 13.2. The molecule has 1 aromatic carbocycles. The highest BCUT2D eigenvalue weighted by Crippen LogP contribution is 2.30. The standard InChI is InChI=1S/C16H21F4NO3/c1-2-3-4-23-5-6-24-11-15(22)21-10-12-7-13(16(18,19)20)9-14(17)8-12/h7-9H,2-6,10-11H2,1H3,(H,21,22). The smallest absolute Gasteiger partial charge is 0.379 e. The Balaban J connectivity index is 2.31. The maximum Gasteiger partial charge on any atom is 0.416 e. The van der Waals surface area contributed by atoms with E-state index in [0.717, 1.165) is 25.0 Å². The van der Waals surface area contributed by atoms with E-state index in [9.17, 15) is 22.4 Å². The van der Waals surface area contributed by atoms with Crippen LogP contribution in [0.25, 0.3) is 0 Å². The normalized spacial score (nSPS) is 11.5. The lowest BCUT2D eigenvalue weighted by Gasteiger charge is -2.10. The Morgan fingerprint density at radius 1 is 1.12 bits per heavy atom. The molecule has 0 heterocycles. The highest BCUT2D eigenvalue weighted by Gasteiger charge is 2.31. The van der Waals surface area contributed by atoms with Gasteiger partial charge in [0.25, 0.3) is 0 Å². The van der Waals surface area contributed by atoms with E-state index in [1.807, 2.05) is 6.92 Å². The summed E-state index contributed by atoms with van der Waals surface area (Å²) in [5.74, 6) is -1.50. The molecule has 0 atom stereocenters. The van der Waals surface area contributed by atoms with Crippen molar-refractivity contribution in [3.63, 3.8) is 0 Å². The summed E-state index contributed by atoms with van der Waals surface area (Å²) < 4.78 is 61.3. The van der Waals surface area contributed by atoms with Gasteiger partial charge in [-0.15, -0.1) is 0 Å². The molecule has 0 spiro atoms. The number of hydrogen-bond donors (Lipinski definition) is 1. The molecule has 1 N–H and O–H groups in total. The van der Waals surface area contributed by atoms with Crippen LogP contribution in [0.1, 0.15) is 30.9 Å². The SMILES string of the molecule is CCCCOCCOCC(=O)NCc1cc(F)cc(C(F)(F)F)c1. The van der Waals surface area contributed by atoms with Crippen molar-refractivity contribution in [3.8, 4) is 0 Å². The van der Waals surface area contributed by atoms with Gasteiger partial charge in [-0.2, -0.15) is 13.2 Å². The van der Waals surface area contributed by atoms with Gasteiger partial charge in [-0.25, -0.2) is 4.39 Å². The molecule has 0 aliphatic carbocycles. The first-order chi connectivity index (χ1) is 11.3. The number of hydrogen-bond acceptors (Lipinski definition) is 3. The second-order valence-corrected chi connectivity index (χ2v) is 5.14. The summed E-state index contributed by atoms with van der Waals surface area (Å²) in [5.41, 5.74) is -1.06. The van der Waals surface area contributed by atoms with Crippen LogP contribution in [0.3, 0.4) is 0 Å². The van der Waals surface area contributed by atoms with Crippen LogP contribution in [0.4, 0.5) is 17.6 Å². The third-order valence-corrected chi connectivity index (χ3v) is 3.02. The van der Waals surface area contributed by atoms with Crippen LogP contribution in [0.2, 0.25) is 0 Å². The van der Waals surface area contributed by atoms with Crippen molar-refractivity contribution in [3.05, 3.63) is 35.1 Å². The van der Waals surface area contributed by atoms with Crippen molar-refractivity contribution in [2.75, 3.05) is 26.4 Å². The Morgan fingerprint density at radius 3 is 2.50 bits per heavy atom. The first-order valence-corrected chi connectivity index (χ1v) is 7.61. The van der Waals surface area contributed by atoms with Gasteiger partial charge < -0.3 is 14.8 Å². The first kappa shape index (κ1) is 20.4. The molecule has 4 nitrogen and oxygen atoms in total. The Hall–Kier alpha value is -1.67. The van der Waals surface area contributed by atoms with E-state index in [4.69, 9.17) is 9.47 Å². The van der Waals surface area contributed by atoms with Crippen molar-refractivity contribution in [1.82, 2.24) is 5.32 Å². The van der Waals surface area contributed by atoms with Gasteiger partial charge in [0.1, 0.15) is 12.4 Å². The number of carbonyl (C=O) groups excluding carboxylic acids is 1. The van der Waals surface area contributed by atoms with E-state index in [2.05, 4.69) is 5.32 Å². The van der Waals surface area contributed by atoms with Gasteiger partial charge in [0, 0.05) is 13.2 Å². The summed E-state index contributed by atoms with van der Waals surface area (Å²) in [6.07, 6.45) is -2.66. The van der Waals surface area contributed by atoms with Crippen molar-refractivity contribution < 1.29 is 31.8 Å². The minimum Gasteiger partial charge on any atom is -0.379 e. The fraction of sp³-hybridized carbons (Fsp3) is 0.562. The number of benzene rings is 1.